The van der Waals surface area contributed by atoms with Gasteiger partial charge in [-0.05, 0) is 36.7 Å². The van der Waals surface area contributed by atoms with Crippen LogP contribution in [0.25, 0.3) is 0 Å². The Morgan fingerprint density at radius 2 is 2.00 bits per heavy atom. The summed E-state index contributed by atoms with van der Waals surface area (Å²) in [5.41, 5.74) is 2.24. The van der Waals surface area contributed by atoms with Crippen LogP contribution in [0.1, 0.15) is 37.3 Å². The van der Waals surface area contributed by atoms with Crippen molar-refractivity contribution in [1.29, 1.82) is 0 Å². The van der Waals surface area contributed by atoms with Gasteiger partial charge < -0.3 is 14.8 Å². The van der Waals surface area contributed by atoms with Crippen molar-refractivity contribution in [3.05, 3.63) is 53.9 Å². The number of nitrogens with one attached hydrogen (secondary N) is 1. The zero-order chi connectivity index (χ0) is 16.3. The first-order valence-electron chi connectivity index (χ1n) is 8.22. The van der Waals surface area contributed by atoms with Gasteiger partial charge in [0.25, 0.3) is 0 Å². The van der Waals surface area contributed by atoms with Crippen LogP contribution in [0.5, 0.6) is 11.5 Å². The lowest BCUT2D eigenvalue weighted by Gasteiger charge is -2.13. The first-order valence-corrected chi connectivity index (χ1v) is 8.22. The van der Waals surface area contributed by atoms with E-state index < -0.39 is 0 Å². The molecule has 124 valence electrons. The van der Waals surface area contributed by atoms with E-state index in [1.165, 1.54) is 24.8 Å². The van der Waals surface area contributed by atoms with E-state index in [-0.39, 0.29) is 0 Å². The van der Waals surface area contributed by atoms with Crippen LogP contribution in [-0.2, 0) is 13.2 Å². The Labute approximate surface area is 138 Å². The number of unbranched alkanes of at least 4 members (excludes halogenated alkanes) is 2. The van der Waals surface area contributed by atoms with Crippen molar-refractivity contribution in [3.8, 4) is 11.5 Å². The number of pyridine rings is 1. The van der Waals surface area contributed by atoms with E-state index in [9.17, 15) is 0 Å². The van der Waals surface area contributed by atoms with Crippen molar-refractivity contribution in [2.45, 2.75) is 39.3 Å². The smallest absolute Gasteiger partial charge is 0.161 e. The number of benzene rings is 1. The van der Waals surface area contributed by atoms with E-state index in [2.05, 4.69) is 23.3 Å². The molecule has 0 amide bonds. The topological polar surface area (TPSA) is 43.4 Å². The van der Waals surface area contributed by atoms with Crippen molar-refractivity contribution in [3.63, 3.8) is 0 Å². The largest absolute Gasteiger partial charge is 0.493 e. The van der Waals surface area contributed by atoms with Gasteiger partial charge in [-0.2, -0.15) is 0 Å². The van der Waals surface area contributed by atoms with Crippen LogP contribution in [0.4, 0.5) is 0 Å². The predicted molar refractivity (Wildman–Crippen MR) is 92.8 cm³/mol. The number of methoxy groups -OCH3 is 1. The van der Waals surface area contributed by atoms with Crippen molar-refractivity contribution in [2.24, 2.45) is 0 Å². The highest BCUT2D eigenvalue weighted by Gasteiger charge is 2.06. The third-order valence-corrected chi connectivity index (χ3v) is 3.63. The van der Waals surface area contributed by atoms with E-state index in [1.54, 1.807) is 13.3 Å². The molecule has 0 aliphatic carbocycles. The van der Waals surface area contributed by atoms with Gasteiger partial charge in [0.1, 0.15) is 6.61 Å². The molecule has 23 heavy (non-hydrogen) atoms. The highest BCUT2D eigenvalue weighted by Crippen LogP contribution is 2.28. The van der Waals surface area contributed by atoms with E-state index in [1.807, 2.05) is 30.5 Å². The normalized spacial score (nSPS) is 10.5. The fourth-order valence-corrected chi connectivity index (χ4v) is 2.32. The maximum absolute atomic E-state index is 5.91. The minimum Gasteiger partial charge on any atom is -0.493 e. The lowest BCUT2D eigenvalue weighted by molar-refractivity contribution is 0.283. The average molecular weight is 314 g/mol. The standard InChI is InChI=1S/C19H26N2O2/c1-3-4-5-10-20-13-16-8-9-18(22-2)19(12-16)23-15-17-7-6-11-21-14-17/h6-9,11-12,14,20H,3-5,10,13,15H2,1-2H3. The molecule has 2 rings (SSSR count). The summed E-state index contributed by atoms with van der Waals surface area (Å²) in [5, 5.41) is 3.47. The summed E-state index contributed by atoms with van der Waals surface area (Å²) < 4.78 is 11.3. The lowest BCUT2D eigenvalue weighted by Crippen LogP contribution is -2.14. The van der Waals surface area contributed by atoms with Crippen LogP contribution in [0.2, 0.25) is 0 Å². The van der Waals surface area contributed by atoms with Crippen LogP contribution >= 0.6 is 0 Å². The van der Waals surface area contributed by atoms with Crippen LogP contribution < -0.4 is 14.8 Å². The summed E-state index contributed by atoms with van der Waals surface area (Å²) in [7, 11) is 1.66. The molecule has 4 heteroatoms. The van der Waals surface area contributed by atoms with Crippen molar-refractivity contribution < 1.29 is 9.47 Å². The molecule has 1 heterocycles. The highest BCUT2D eigenvalue weighted by atomic mass is 16.5. The Morgan fingerprint density at radius 1 is 1.09 bits per heavy atom. The SMILES string of the molecule is CCCCCNCc1ccc(OC)c(OCc2cccnc2)c1. The summed E-state index contributed by atoms with van der Waals surface area (Å²) in [6.07, 6.45) is 7.31. The molecular weight excluding hydrogens is 288 g/mol. The maximum Gasteiger partial charge on any atom is 0.161 e. The minimum atomic E-state index is 0.484. The van der Waals surface area contributed by atoms with Gasteiger partial charge >= 0.3 is 0 Å². The van der Waals surface area contributed by atoms with Gasteiger partial charge in [-0.3, -0.25) is 4.98 Å². The quantitative estimate of drug-likeness (QED) is 0.674. The minimum absolute atomic E-state index is 0.484. The van der Waals surface area contributed by atoms with E-state index in [0.717, 1.165) is 30.2 Å². The highest BCUT2D eigenvalue weighted by molar-refractivity contribution is 5.43. The fraction of sp³-hybridized carbons (Fsp3) is 0.421. The number of ether oxygens (including phenoxy) is 2. The third-order valence-electron chi connectivity index (χ3n) is 3.63. The monoisotopic (exact) mass is 314 g/mol. The van der Waals surface area contributed by atoms with Gasteiger partial charge in [0.2, 0.25) is 0 Å². The summed E-state index contributed by atoms with van der Waals surface area (Å²) >= 11 is 0. The molecule has 0 unspecified atom stereocenters. The molecule has 2 aromatic rings. The second-order valence-corrected chi connectivity index (χ2v) is 5.52. The second-order valence-electron chi connectivity index (χ2n) is 5.52. The molecule has 4 nitrogen and oxygen atoms in total. The van der Waals surface area contributed by atoms with Crippen molar-refractivity contribution in [2.75, 3.05) is 13.7 Å². The van der Waals surface area contributed by atoms with Crippen LogP contribution in [-0.4, -0.2) is 18.6 Å². The van der Waals surface area contributed by atoms with E-state index in [0.29, 0.717) is 6.61 Å². The summed E-state index contributed by atoms with van der Waals surface area (Å²) in [6.45, 7) is 4.59. The Balaban J connectivity index is 1.92. The van der Waals surface area contributed by atoms with Gasteiger partial charge in [-0.15, -0.1) is 0 Å². The fourth-order valence-electron chi connectivity index (χ4n) is 2.32. The Morgan fingerprint density at radius 3 is 2.74 bits per heavy atom. The number of rotatable bonds is 10. The third kappa shape index (κ3) is 5.91. The summed E-state index contributed by atoms with van der Waals surface area (Å²) in [6, 6.07) is 9.98. The van der Waals surface area contributed by atoms with Crippen LogP contribution in [0.3, 0.4) is 0 Å². The van der Waals surface area contributed by atoms with Crippen LogP contribution in [0, 0.1) is 0 Å². The number of hydrogen-bond acceptors (Lipinski definition) is 4. The summed E-state index contributed by atoms with van der Waals surface area (Å²) in [5.74, 6) is 1.52. The van der Waals surface area contributed by atoms with Gasteiger partial charge in [-0.1, -0.05) is 31.9 Å². The zero-order valence-corrected chi connectivity index (χ0v) is 14.0. The molecule has 0 spiro atoms. The number of hydrogen-bond donors (Lipinski definition) is 1. The molecular formula is C19H26N2O2. The first-order chi connectivity index (χ1) is 11.3. The Bertz CT molecular complexity index is 573. The van der Waals surface area contributed by atoms with Crippen molar-refractivity contribution >= 4 is 0 Å². The molecule has 0 fully saturated rings. The van der Waals surface area contributed by atoms with Gasteiger partial charge in [-0.25, -0.2) is 0 Å². The molecule has 0 aliphatic heterocycles. The molecule has 1 N–H and O–H groups in total. The van der Waals surface area contributed by atoms with Crippen molar-refractivity contribution in [1.82, 2.24) is 10.3 Å². The molecule has 0 bridgehead atoms. The average Bonchev–Trinajstić information content (AvgIpc) is 2.61. The molecule has 0 saturated carbocycles. The second kappa shape index (κ2) is 9.85. The molecule has 0 aliphatic rings. The van der Waals surface area contributed by atoms with Gasteiger partial charge in [0.05, 0.1) is 7.11 Å². The van der Waals surface area contributed by atoms with Gasteiger partial charge in [0, 0.05) is 24.5 Å². The molecule has 1 aromatic heterocycles. The maximum atomic E-state index is 5.91. The number of aromatic nitrogens is 1. The molecule has 1 aromatic carbocycles. The zero-order valence-electron chi connectivity index (χ0n) is 14.0. The first kappa shape index (κ1) is 17.3. The number of nitrogens with zero attached hydrogens (tertiary/aromatic N) is 1. The Hall–Kier alpha value is -2.07. The van der Waals surface area contributed by atoms with E-state index >= 15 is 0 Å². The molecule has 0 atom stereocenters. The summed E-state index contributed by atoms with van der Waals surface area (Å²) in [4.78, 5) is 4.10. The van der Waals surface area contributed by atoms with E-state index in [4.69, 9.17) is 9.47 Å². The predicted octanol–water partition coefficient (Wildman–Crippen LogP) is 3.95. The van der Waals surface area contributed by atoms with Gasteiger partial charge in [0.15, 0.2) is 11.5 Å². The van der Waals surface area contributed by atoms with Crippen LogP contribution in [0.15, 0.2) is 42.7 Å². The molecule has 0 saturated heterocycles. The molecule has 0 radical (unpaired) electrons. The lowest BCUT2D eigenvalue weighted by atomic mass is 10.2. The Kier molecular flexibility index (Phi) is 7.40.